The van der Waals surface area contributed by atoms with Crippen molar-refractivity contribution in [3.63, 3.8) is 0 Å². The van der Waals surface area contributed by atoms with Crippen LogP contribution in [0.1, 0.15) is 24.9 Å². The molecule has 5 heteroatoms. The number of hydrogen-bond acceptors (Lipinski definition) is 5. The van der Waals surface area contributed by atoms with Crippen LogP contribution in [0.3, 0.4) is 0 Å². The van der Waals surface area contributed by atoms with Crippen LogP contribution < -0.4 is 5.32 Å². The van der Waals surface area contributed by atoms with E-state index in [2.05, 4.69) is 5.32 Å². The van der Waals surface area contributed by atoms with Crippen LogP contribution in [-0.2, 0) is 0 Å². The second kappa shape index (κ2) is 7.51. The Morgan fingerprint density at radius 3 is 2.67 bits per heavy atom. The van der Waals surface area contributed by atoms with Crippen molar-refractivity contribution in [3.8, 4) is 11.5 Å². The predicted octanol–water partition coefficient (Wildman–Crippen LogP) is 1.86. The molecular formula is C13H21NO3S. The van der Waals surface area contributed by atoms with Crippen molar-refractivity contribution in [1.82, 2.24) is 5.32 Å². The highest BCUT2D eigenvalue weighted by Crippen LogP contribution is 2.28. The molecule has 0 heterocycles. The molecule has 102 valence electrons. The van der Waals surface area contributed by atoms with Gasteiger partial charge in [-0.1, -0.05) is 0 Å². The zero-order chi connectivity index (χ0) is 13.5. The van der Waals surface area contributed by atoms with E-state index >= 15 is 0 Å². The van der Waals surface area contributed by atoms with Gasteiger partial charge in [0.25, 0.3) is 0 Å². The summed E-state index contributed by atoms with van der Waals surface area (Å²) < 4.78 is 0. The fourth-order valence-electron chi connectivity index (χ4n) is 1.82. The van der Waals surface area contributed by atoms with Crippen molar-refractivity contribution in [2.24, 2.45) is 0 Å². The first-order valence-electron chi connectivity index (χ1n) is 5.96. The Morgan fingerprint density at radius 1 is 1.33 bits per heavy atom. The number of nitrogens with one attached hydrogen (secondary N) is 1. The van der Waals surface area contributed by atoms with Gasteiger partial charge in [0.2, 0.25) is 0 Å². The fourth-order valence-corrected chi connectivity index (χ4v) is 2.34. The van der Waals surface area contributed by atoms with E-state index in [1.54, 1.807) is 11.8 Å². The predicted molar refractivity (Wildman–Crippen MR) is 75.2 cm³/mol. The molecule has 0 aliphatic heterocycles. The third kappa shape index (κ3) is 4.40. The van der Waals surface area contributed by atoms with E-state index in [1.165, 1.54) is 18.2 Å². The van der Waals surface area contributed by atoms with E-state index < -0.39 is 0 Å². The molecule has 1 rings (SSSR count). The number of thioether (sulfide) groups is 1. The summed E-state index contributed by atoms with van der Waals surface area (Å²) in [7, 11) is 0. The quantitative estimate of drug-likeness (QED) is 0.570. The highest BCUT2D eigenvalue weighted by Gasteiger charge is 2.15. The maximum atomic E-state index is 9.75. The van der Waals surface area contributed by atoms with E-state index in [0.29, 0.717) is 5.56 Å². The van der Waals surface area contributed by atoms with Gasteiger partial charge in [0, 0.05) is 17.6 Å². The molecule has 0 saturated carbocycles. The summed E-state index contributed by atoms with van der Waals surface area (Å²) in [5.74, 6) is 1.24. The summed E-state index contributed by atoms with van der Waals surface area (Å²) in [6, 6.07) is 4.32. The topological polar surface area (TPSA) is 72.7 Å². The van der Waals surface area contributed by atoms with E-state index in [1.807, 2.05) is 13.2 Å². The van der Waals surface area contributed by atoms with Crippen LogP contribution in [-0.4, -0.2) is 40.0 Å². The zero-order valence-corrected chi connectivity index (χ0v) is 11.6. The average Bonchev–Trinajstić information content (AvgIpc) is 2.37. The molecule has 0 radical (unpaired) electrons. The Hall–Kier alpha value is -0.910. The van der Waals surface area contributed by atoms with E-state index in [9.17, 15) is 15.3 Å². The minimum Gasteiger partial charge on any atom is -0.508 e. The maximum absolute atomic E-state index is 9.75. The lowest BCUT2D eigenvalue weighted by atomic mass is 10.1. The summed E-state index contributed by atoms with van der Waals surface area (Å²) in [6.07, 6.45) is 2.89. The molecule has 0 aromatic heterocycles. The summed E-state index contributed by atoms with van der Waals surface area (Å²) in [5.41, 5.74) is 0.637. The normalized spacial score (nSPS) is 14.4. The first kappa shape index (κ1) is 15.1. The van der Waals surface area contributed by atoms with Crippen LogP contribution in [0.5, 0.6) is 11.5 Å². The third-order valence-corrected chi connectivity index (χ3v) is 3.50. The molecule has 1 aromatic rings. The van der Waals surface area contributed by atoms with E-state index in [-0.39, 0.29) is 30.2 Å². The van der Waals surface area contributed by atoms with Crippen LogP contribution in [0.2, 0.25) is 0 Å². The number of phenolic OH excluding ortho intramolecular Hbond substituents is 2. The van der Waals surface area contributed by atoms with Gasteiger partial charge in [-0.3, -0.25) is 0 Å². The Labute approximate surface area is 112 Å². The summed E-state index contributed by atoms with van der Waals surface area (Å²) >= 11 is 1.73. The molecule has 18 heavy (non-hydrogen) atoms. The molecule has 0 saturated heterocycles. The molecule has 0 bridgehead atoms. The molecule has 0 fully saturated rings. The van der Waals surface area contributed by atoms with Gasteiger partial charge in [-0.05, 0) is 43.6 Å². The van der Waals surface area contributed by atoms with Crippen molar-refractivity contribution in [1.29, 1.82) is 0 Å². The van der Waals surface area contributed by atoms with Crippen LogP contribution in [0.4, 0.5) is 0 Å². The lowest BCUT2D eigenvalue weighted by Gasteiger charge is -2.22. The minimum atomic E-state index is -0.129. The monoisotopic (exact) mass is 271 g/mol. The van der Waals surface area contributed by atoms with Crippen LogP contribution in [0, 0.1) is 0 Å². The highest BCUT2D eigenvalue weighted by molar-refractivity contribution is 7.98. The lowest BCUT2D eigenvalue weighted by molar-refractivity contribution is 0.230. The van der Waals surface area contributed by atoms with Crippen molar-refractivity contribution in [2.45, 2.75) is 25.4 Å². The number of aliphatic hydroxyl groups excluding tert-OH is 1. The molecule has 0 aliphatic rings. The second-order valence-corrected chi connectivity index (χ2v) is 5.28. The SMILES string of the molecule is CSCCC(CO)NC(C)c1cc(O)ccc1O. The zero-order valence-electron chi connectivity index (χ0n) is 10.8. The smallest absolute Gasteiger partial charge is 0.120 e. The Kier molecular flexibility index (Phi) is 6.32. The fraction of sp³-hybridized carbons (Fsp3) is 0.538. The lowest BCUT2D eigenvalue weighted by Crippen LogP contribution is -2.35. The van der Waals surface area contributed by atoms with Crippen molar-refractivity contribution in [2.75, 3.05) is 18.6 Å². The summed E-state index contributed by atoms with van der Waals surface area (Å²) in [4.78, 5) is 0. The Morgan fingerprint density at radius 2 is 2.06 bits per heavy atom. The highest BCUT2D eigenvalue weighted by atomic mass is 32.2. The van der Waals surface area contributed by atoms with Crippen LogP contribution in [0.25, 0.3) is 0 Å². The molecule has 2 unspecified atom stereocenters. The van der Waals surface area contributed by atoms with Gasteiger partial charge < -0.3 is 20.6 Å². The number of hydrogen-bond donors (Lipinski definition) is 4. The van der Waals surface area contributed by atoms with E-state index in [0.717, 1.165) is 12.2 Å². The number of phenols is 2. The standard InChI is InChI=1S/C13H21NO3S/c1-9(14-10(8-15)5-6-18-2)12-7-11(16)3-4-13(12)17/h3-4,7,9-10,14-17H,5-6,8H2,1-2H3. The maximum Gasteiger partial charge on any atom is 0.120 e. The van der Waals surface area contributed by atoms with Crippen LogP contribution in [0.15, 0.2) is 18.2 Å². The van der Waals surface area contributed by atoms with Gasteiger partial charge in [0.1, 0.15) is 11.5 Å². The largest absolute Gasteiger partial charge is 0.508 e. The number of benzene rings is 1. The number of aliphatic hydroxyl groups is 1. The van der Waals surface area contributed by atoms with Gasteiger partial charge in [0.15, 0.2) is 0 Å². The number of aromatic hydroxyl groups is 2. The molecule has 4 nitrogen and oxygen atoms in total. The van der Waals surface area contributed by atoms with Gasteiger partial charge in [0.05, 0.1) is 6.61 Å². The van der Waals surface area contributed by atoms with Crippen molar-refractivity contribution >= 4 is 11.8 Å². The Balaban J connectivity index is 2.67. The van der Waals surface area contributed by atoms with Crippen LogP contribution >= 0.6 is 11.8 Å². The van der Waals surface area contributed by atoms with E-state index in [4.69, 9.17) is 0 Å². The second-order valence-electron chi connectivity index (χ2n) is 4.29. The van der Waals surface area contributed by atoms with Gasteiger partial charge in [-0.15, -0.1) is 0 Å². The Bertz CT molecular complexity index is 373. The average molecular weight is 271 g/mol. The van der Waals surface area contributed by atoms with Gasteiger partial charge in [-0.25, -0.2) is 0 Å². The molecular weight excluding hydrogens is 250 g/mol. The van der Waals surface area contributed by atoms with Crippen molar-refractivity contribution < 1.29 is 15.3 Å². The summed E-state index contributed by atoms with van der Waals surface area (Å²) in [5, 5.41) is 31.7. The first-order valence-corrected chi connectivity index (χ1v) is 7.35. The molecule has 2 atom stereocenters. The van der Waals surface area contributed by atoms with Gasteiger partial charge >= 0.3 is 0 Å². The molecule has 0 aliphatic carbocycles. The van der Waals surface area contributed by atoms with Gasteiger partial charge in [-0.2, -0.15) is 11.8 Å². The number of rotatable bonds is 7. The molecule has 1 aromatic carbocycles. The third-order valence-electron chi connectivity index (χ3n) is 2.85. The molecule has 0 spiro atoms. The van der Waals surface area contributed by atoms with Crippen molar-refractivity contribution in [3.05, 3.63) is 23.8 Å². The summed E-state index contributed by atoms with van der Waals surface area (Å²) in [6.45, 7) is 1.96. The first-order chi connectivity index (χ1) is 8.58. The molecule has 4 N–H and O–H groups in total. The minimum absolute atomic E-state index is 0.00537. The molecule has 0 amide bonds.